The standard InChI is InChI=1S/C11H17BCl2NO2/c1-15(8-6-13,9-7-14)11-4-2-10(3-5-11)12(16)17/h2-5,16-17H,6-9H2,1H3/q+1. The van der Waals surface area contributed by atoms with E-state index in [4.69, 9.17) is 33.2 Å². The van der Waals surface area contributed by atoms with Gasteiger partial charge in [0.1, 0.15) is 5.69 Å². The van der Waals surface area contributed by atoms with Crippen LogP contribution in [-0.2, 0) is 0 Å². The topological polar surface area (TPSA) is 40.5 Å². The van der Waals surface area contributed by atoms with Crippen LogP contribution in [-0.4, -0.2) is 49.1 Å². The monoisotopic (exact) mass is 276 g/mol. The van der Waals surface area contributed by atoms with Gasteiger partial charge in [0.05, 0.1) is 31.9 Å². The van der Waals surface area contributed by atoms with Gasteiger partial charge >= 0.3 is 7.12 Å². The van der Waals surface area contributed by atoms with Crippen LogP contribution in [0.5, 0.6) is 0 Å². The van der Waals surface area contributed by atoms with E-state index in [1.54, 1.807) is 12.1 Å². The maximum Gasteiger partial charge on any atom is 0.488 e. The number of rotatable bonds is 6. The summed E-state index contributed by atoms with van der Waals surface area (Å²) in [5.41, 5.74) is 1.55. The molecule has 1 rings (SSSR count). The largest absolute Gasteiger partial charge is 0.488 e. The quantitative estimate of drug-likeness (QED) is 0.458. The minimum absolute atomic E-state index is 0.483. The summed E-state index contributed by atoms with van der Waals surface area (Å²) in [4.78, 5) is 0. The van der Waals surface area contributed by atoms with Gasteiger partial charge in [-0.15, -0.1) is 23.2 Å². The molecule has 0 aliphatic carbocycles. The molecule has 0 spiro atoms. The first-order chi connectivity index (χ1) is 8.03. The van der Waals surface area contributed by atoms with E-state index in [2.05, 4.69) is 7.05 Å². The Hall–Kier alpha value is -0.255. The summed E-state index contributed by atoms with van der Waals surface area (Å²) in [6.07, 6.45) is 0. The lowest BCUT2D eigenvalue weighted by molar-refractivity contribution is 0.369. The van der Waals surface area contributed by atoms with Crippen molar-refractivity contribution >= 4 is 41.5 Å². The maximum atomic E-state index is 9.03. The zero-order valence-corrected chi connectivity index (χ0v) is 11.3. The van der Waals surface area contributed by atoms with Gasteiger partial charge in [-0.2, -0.15) is 0 Å². The van der Waals surface area contributed by atoms with E-state index in [9.17, 15) is 0 Å². The lowest BCUT2D eigenvalue weighted by atomic mass is 9.80. The Morgan fingerprint density at radius 2 is 1.53 bits per heavy atom. The zero-order valence-electron chi connectivity index (χ0n) is 9.81. The highest BCUT2D eigenvalue weighted by Crippen LogP contribution is 2.20. The second-order valence-electron chi connectivity index (χ2n) is 4.19. The molecule has 0 heterocycles. The molecular formula is C11H17BCl2NO2+. The smallest absolute Gasteiger partial charge is 0.423 e. The number of benzene rings is 1. The van der Waals surface area contributed by atoms with Crippen LogP contribution in [0.3, 0.4) is 0 Å². The van der Waals surface area contributed by atoms with E-state index in [1.165, 1.54) is 0 Å². The van der Waals surface area contributed by atoms with Crippen molar-refractivity contribution in [1.82, 2.24) is 4.48 Å². The number of quaternary nitrogens is 1. The Balaban J connectivity index is 2.95. The molecule has 0 amide bonds. The Labute approximate surface area is 112 Å². The fourth-order valence-electron chi connectivity index (χ4n) is 1.75. The van der Waals surface area contributed by atoms with Gasteiger partial charge in [0, 0.05) is 0 Å². The molecule has 1 aromatic rings. The first-order valence-corrected chi connectivity index (χ1v) is 6.53. The molecule has 0 aliphatic rings. The first kappa shape index (κ1) is 14.8. The summed E-state index contributed by atoms with van der Waals surface area (Å²) in [5.74, 6) is 1.11. The summed E-state index contributed by atoms with van der Waals surface area (Å²) < 4.78 is 0.648. The molecule has 0 radical (unpaired) electrons. The fourth-order valence-corrected chi connectivity index (χ4v) is 2.50. The van der Waals surface area contributed by atoms with Gasteiger partial charge in [-0.1, -0.05) is 12.1 Å². The molecule has 6 heteroatoms. The van der Waals surface area contributed by atoms with Crippen LogP contribution >= 0.6 is 23.2 Å². The average molecular weight is 277 g/mol. The second kappa shape index (κ2) is 6.62. The van der Waals surface area contributed by atoms with Gasteiger partial charge in [0.25, 0.3) is 0 Å². The van der Waals surface area contributed by atoms with E-state index in [0.717, 1.165) is 18.8 Å². The van der Waals surface area contributed by atoms with Crippen molar-refractivity contribution in [3.8, 4) is 0 Å². The Morgan fingerprint density at radius 3 is 1.88 bits per heavy atom. The summed E-state index contributed by atoms with van der Waals surface area (Å²) in [6, 6.07) is 7.18. The van der Waals surface area contributed by atoms with Crippen LogP contribution in [0.1, 0.15) is 0 Å². The zero-order chi connectivity index (χ0) is 12.9. The van der Waals surface area contributed by atoms with Gasteiger partial charge in [-0.05, 0) is 17.6 Å². The van der Waals surface area contributed by atoms with Crippen molar-refractivity contribution in [2.24, 2.45) is 0 Å². The highest BCUT2D eigenvalue weighted by Gasteiger charge is 2.24. The van der Waals surface area contributed by atoms with E-state index in [-0.39, 0.29) is 0 Å². The fraction of sp³-hybridized carbons (Fsp3) is 0.455. The SMILES string of the molecule is C[N+](CCCl)(CCCl)c1ccc(B(O)O)cc1. The molecule has 1 aromatic carbocycles. The Morgan fingerprint density at radius 1 is 1.06 bits per heavy atom. The van der Waals surface area contributed by atoms with Crippen LogP contribution in [0.25, 0.3) is 0 Å². The number of hydrogen-bond acceptors (Lipinski definition) is 2. The highest BCUT2D eigenvalue weighted by molar-refractivity contribution is 6.58. The molecule has 94 valence electrons. The van der Waals surface area contributed by atoms with Crippen molar-refractivity contribution in [2.45, 2.75) is 0 Å². The third-order valence-electron chi connectivity index (χ3n) is 2.97. The van der Waals surface area contributed by atoms with Crippen LogP contribution < -0.4 is 9.95 Å². The molecule has 2 N–H and O–H groups in total. The van der Waals surface area contributed by atoms with Gasteiger partial charge in [-0.25, -0.2) is 0 Å². The van der Waals surface area contributed by atoms with E-state index >= 15 is 0 Å². The lowest BCUT2D eigenvalue weighted by Gasteiger charge is -2.33. The predicted octanol–water partition coefficient (Wildman–Crippen LogP) is 0.781. The summed E-state index contributed by atoms with van der Waals surface area (Å²) >= 11 is 11.6. The minimum atomic E-state index is -1.43. The van der Waals surface area contributed by atoms with Crippen LogP contribution in [0.2, 0.25) is 0 Å². The molecule has 0 atom stereocenters. The normalized spacial score (nSPS) is 11.6. The second-order valence-corrected chi connectivity index (χ2v) is 4.94. The predicted molar refractivity (Wildman–Crippen MR) is 75.2 cm³/mol. The lowest BCUT2D eigenvalue weighted by Crippen LogP contribution is -2.48. The number of halogens is 2. The van der Waals surface area contributed by atoms with Crippen LogP contribution in [0, 0.1) is 0 Å². The molecule has 17 heavy (non-hydrogen) atoms. The van der Waals surface area contributed by atoms with Crippen molar-refractivity contribution in [3.05, 3.63) is 24.3 Å². The molecule has 3 nitrogen and oxygen atoms in total. The molecule has 0 fully saturated rings. The van der Waals surface area contributed by atoms with Gasteiger partial charge in [0.2, 0.25) is 0 Å². The van der Waals surface area contributed by atoms with E-state index in [0.29, 0.717) is 21.7 Å². The van der Waals surface area contributed by atoms with E-state index in [1.807, 2.05) is 12.1 Å². The van der Waals surface area contributed by atoms with Crippen molar-refractivity contribution in [2.75, 3.05) is 31.9 Å². The van der Waals surface area contributed by atoms with Crippen LogP contribution in [0.15, 0.2) is 24.3 Å². The van der Waals surface area contributed by atoms with Gasteiger partial charge < -0.3 is 10.0 Å². The molecule has 0 unspecified atom stereocenters. The minimum Gasteiger partial charge on any atom is -0.423 e. The third-order valence-corrected chi connectivity index (χ3v) is 3.31. The van der Waals surface area contributed by atoms with Crippen molar-refractivity contribution in [3.63, 3.8) is 0 Å². The average Bonchev–Trinajstić information content (AvgIpc) is 2.30. The van der Waals surface area contributed by atoms with Crippen molar-refractivity contribution in [1.29, 1.82) is 0 Å². The third kappa shape index (κ3) is 3.86. The molecule has 0 saturated carbocycles. The summed E-state index contributed by atoms with van der Waals surface area (Å²) in [7, 11) is 0.638. The van der Waals surface area contributed by atoms with Gasteiger partial charge in [0.15, 0.2) is 0 Å². The van der Waals surface area contributed by atoms with Crippen molar-refractivity contribution < 1.29 is 10.0 Å². The number of hydrogen-bond donors (Lipinski definition) is 2. The molecular weight excluding hydrogens is 260 g/mol. The first-order valence-electron chi connectivity index (χ1n) is 5.46. The Bertz CT molecular complexity index is 340. The Kier molecular flexibility index (Phi) is 5.76. The summed E-state index contributed by atoms with van der Waals surface area (Å²) in [5, 5.41) is 18.1. The maximum absolute atomic E-state index is 9.03. The molecule has 0 bridgehead atoms. The molecule has 0 saturated heterocycles. The number of nitrogens with zero attached hydrogens (tertiary/aromatic N) is 1. The molecule has 0 aliphatic heterocycles. The number of alkyl halides is 2. The highest BCUT2D eigenvalue weighted by atomic mass is 35.5. The van der Waals surface area contributed by atoms with E-state index < -0.39 is 7.12 Å². The summed E-state index contributed by atoms with van der Waals surface area (Å²) in [6.45, 7) is 1.57. The molecule has 0 aromatic heterocycles. The van der Waals surface area contributed by atoms with Gasteiger partial charge in [-0.3, -0.25) is 4.48 Å². The van der Waals surface area contributed by atoms with Crippen LogP contribution in [0.4, 0.5) is 5.69 Å².